The number of aliphatic hydroxyl groups is 4. The maximum absolute atomic E-state index is 13.6. The predicted molar refractivity (Wildman–Crippen MR) is 196 cm³/mol. The van der Waals surface area contributed by atoms with Crippen molar-refractivity contribution in [2.24, 2.45) is 23.7 Å². The third kappa shape index (κ3) is 11.7. The molecule has 4 N–H and O–H groups in total. The van der Waals surface area contributed by atoms with Gasteiger partial charge in [0.25, 0.3) is 0 Å². The highest BCUT2D eigenvalue weighted by atomic mass is 16.7. The number of hydrogen-bond acceptors (Lipinski definition) is 15. The number of allylic oxidation sites excluding steroid dienone is 3. The molecule has 0 spiro atoms. The number of ketones is 1. The van der Waals surface area contributed by atoms with E-state index < -0.39 is 116 Å². The average molecular weight is 772 g/mol. The third-order valence-corrected chi connectivity index (χ3v) is 11.1. The zero-order chi connectivity index (χ0) is 40.4. The molecule has 0 radical (unpaired) electrons. The molecule has 2 saturated heterocycles. The first-order valence-corrected chi connectivity index (χ1v) is 19.0. The Morgan fingerprint density at radius 3 is 2.11 bits per heavy atom. The Bertz CT molecular complexity index is 1260. The summed E-state index contributed by atoms with van der Waals surface area (Å²) >= 11 is 0. The minimum absolute atomic E-state index is 0.0120. The van der Waals surface area contributed by atoms with E-state index in [1.165, 1.54) is 20.3 Å². The minimum atomic E-state index is -1.31. The molecule has 0 aromatic heterocycles. The minimum Gasteiger partial charge on any atom is -0.462 e. The molecule has 3 aliphatic rings. The second-order valence-electron chi connectivity index (χ2n) is 15.4. The Morgan fingerprint density at radius 1 is 0.889 bits per heavy atom. The zero-order valence-corrected chi connectivity index (χ0v) is 33.5. The van der Waals surface area contributed by atoms with Gasteiger partial charge in [-0.15, -0.1) is 0 Å². The zero-order valence-electron chi connectivity index (χ0n) is 33.5. The lowest BCUT2D eigenvalue weighted by Gasteiger charge is -2.46. The van der Waals surface area contributed by atoms with Crippen LogP contribution in [0.4, 0.5) is 0 Å². The number of hydrogen-bond donors (Lipinski definition) is 4. The molecule has 3 aliphatic heterocycles. The predicted octanol–water partition coefficient (Wildman–Crippen LogP) is 1.56. The number of methoxy groups -OCH3 is 2. The number of aliphatic hydroxyl groups excluding tert-OH is 4. The van der Waals surface area contributed by atoms with Gasteiger partial charge in [-0.3, -0.25) is 9.59 Å². The monoisotopic (exact) mass is 771 g/mol. The summed E-state index contributed by atoms with van der Waals surface area (Å²) in [4.78, 5) is 40.8. The number of carbonyl (C=O) groups excluding carboxylic acids is 3. The van der Waals surface area contributed by atoms with Gasteiger partial charge in [-0.25, -0.2) is 0 Å². The number of rotatable bonds is 11. The number of nitrogens with zero attached hydrogens (tertiary/aromatic N) is 1. The lowest BCUT2D eigenvalue weighted by molar-refractivity contribution is -0.304. The summed E-state index contributed by atoms with van der Waals surface area (Å²) < 4.78 is 41.6. The van der Waals surface area contributed by atoms with Gasteiger partial charge in [0.15, 0.2) is 18.4 Å². The van der Waals surface area contributed by atoms with E-state index in [0.29, 0.717) is 12.0 Å². The Labute approximate surface area is 319 Å². The fourth-order valence-corrected chi connectivity index (χ4v) is 7.76. The molecular weight excluding hydrogens is 706 g/mol. The normalized spacial score (nSPS) is 43.6. The van der Waals surface area contributed by atoms with Crippen LogP contribution in [0.1, 0.15) is 67.2 Å². The summed E-state index contributed by atoms with van der Waals surface area (Å²) in [6.07, 6.45) is -5.36. The third-order valence-electron chi connectivity index (χ3n) is 11.1. The van der Waals surface area contributed by atoms with E-state index in [2.05, 4.69) is 0 Å². The molecule has 3 heterocycles. The van der Waals surface area contributed by atoms with Crippen LogP contribution in [-0.4, -0.2) is 158 Å². The highest BCUT2D eigenvalue weighted by Crippen LogP contribution is 2.35. The molecule has 15 heteroatoms. The molecule has 17 atom stereocenters. The van der Waals surface area contributed by atoms with Crippen LogP contribution in [0, 0.1) is 23.7 Å². The first kappa shape index (κ1) is 46.2. The number of likely N-dealkylation sites (N-methyl/N-ethyl adjacent to an activating group) is 1. The molecule has 0 amide bonds. The SMILES string of the molecule is CC[C@H]1OC(=O)C[C@@H](O)[C@H](C)[C@@H](O[C@@H]2O[C@H](C)[C@@H](O)C(N(C)C)C2O)[C@@H](CC=O)C[C@@H](C)C(=O)/C=C/C(C)=C/[C@@H]1CO[C@@H]1OC(C)[C@@H](O)C(OC)[C@@H]1OC. The van der Waals surface area contributed by atoms with Crippen LogP contribution < -0.4 is 0 Å². The fraction of sp³-hybridized carbons (Fsp3) is 0.821. The maximum Gasteiger partial charge on any atom is 0.308 e. The highest BCUT2D eigenvalue weighted by molar-refractivity contribution is 5.91. The van der Waals surface area contributed by atoms with E-state index in [-0.39, 0.29) is 25.2 Å². The van der Waals surface area contributed by atoms with E-state index in [1.54, 1.807) is 52.8 Å². The van der Waals surface area contributed by atoms with Gasteiger partial charge in [0.2, 0.25) is 0 Å². The molecular formula is C39H65NO14. The molecule has 0 aromatic carbocycles. The molecule has 4 unspecified atom stereocenters. The Kier molecular flexibility index (Phi) is 18.3. The molecule has 3 rings (SSSR count). The van der Waals surface area contributed by atoms with Crippen molar-refractivity contribution in [1.29, 1.82) is 0 Å². The van der Waals surface area contributed by atoms with Crippen molar-refractivity contribution >= 4 is 18.0 Å². The average Bonchev–Trinajstić information content (AvgIpc) is 3.12. The van der Waals surface area contributed by atoms with Crippen molar-refractivity contribution in [2.45, 2.75) is 147 Å². The number of carbonyl (C=O) groups is 3. The first-order chi connectivity index (χ1) is 25.5. The summed E-state index contributed by atoms with van der Waals surface area (Å²) in [5.74, 6) is -3.37. The van der Waals surface area contributed by atoms with Crippen LogP contribution in [0.5, 0.6) is 0 Å². The molecule has 0 saturated carbocycles. The van der Waals surface area contributed by atoms with Gasteiger partial charge in [-0.2, -0.15) is 0 Å². The number of cyclic esters (lactones) is 1. The summed E-state index contributed by atoms with van der Waals surface area (Å²) in [5, 5.41) is 44.2. The maximum atomic E-state index is 13.6. The van der Waals surface area contributed by atoms with E-state index >= 15 is 0 Å². The van der Waals surface area contributed by atoms with Gasteiger partial charge in [-0.1, -0.05) is 38.5 Å². The first-order valence-electron chi connectivity index (χ1n) is 19.0. The van der Waals surface area contributed by atoms with Gasteiger partial charge < -0.3 is 63.3 Å². The molecule has 0 bridgehead atoms. The van der Waals surface area contributed by atoms with Crippen molar-refractivity contribution in [3.63, 3.8) is 0 Å². The lowest BCUT2D eigenvalue weighted by Crippen LogP contribution is -2.63. The van der Waals surface area contributed by atoms with Gasteiger partial charge in [0.05, 0.1) is 49.6 Å². The second kappa shape index (κ2) is 21.4. The van der Waals surface area contributed by atoms with Gasteiger partial charge in [-0.05, 0) is 59.7 Å². The largest absolute Gasteiger partial charge is 0.462 e. The Balaban J connectivity index is 1.96. The molecule has 2 fully saturated rings. The van der Waals surface area contributed by atoms with Crippen LogP contribution in [0.2, 0.25) is 0 Å². The van der Waals surface area contributed by atoms with Crippen molar-refractivity contribution in [2.75, 3.05) is 34.9 Å². The Hall–Kier alpha value is -2.15. The lowest BCUT2D eigenvalue weighted by atomic mass is 9.79. The number of esters is 1. The van der Waals surface area contributed by atoms with Crippen molar-refractivity contribution < 1.29 is 68.0 Å². The van der Waals surface area contributed by atoms with Crippen LogP contribution in [0.25, 0.3) is 0 Å². The highest BCUT2D eigenvalue weighted by Gasteiger charge is 2.48. The van der Waals surface area contributed by atoms with Crippen LogP contribution in [0.15, 0.2) is 23.8 Å². The molecule has 15 nitrogen and oxygen atoms in total. The van der Waals surface area contributed by atoms with Crippen molar-refractivity contribution in [1.82, 2.24) is 4.90 Å². The van der Waals surface area contributed by atoms with Gasteiger partial charge >= 0.3 is 5.97 Å². The van der Waals surface area contributed by atoms with E-state index in [9.17, 15) is 34.8 Å². The van der Waals surface area contributed by atoms with Crippen LogP contribution in [-0.2, 0) is 47.5 Å². The van der Waals surface area contributed by atoms with E-state index in [0.717, 1.165) is 6.29 Å². The van der Waals surface area contributed by atoms with Crippen LogP contribution >= 0.6 is 0 Å². The summed E-state index contributed by atoms with van der Waals surface area (Å²) in [6, 6.07) is -0.740. The fourth-order valence-electron chi connectivity index (χ4n) is 7.76. The summed E-state index contributed by atoms with van der Waals surface area (Å²) in [6.45, 7) is 10.5. The number of ether oxygens (including phenoxy) is 7. The van der Waals surface area contributed by atoms with Crippen molar-refractivity contribution in [3.05, 3.63) is 23.8 Å². The van der Waals surface area contributed by atoms with E-state index in [1.807, 2.05) is 19.9 Å². The van der Waals surface area contributed by atoms with Crippen molar-refractivity contribution in [3.8, 4) is 0 Å². The van der Waals surface area contributed by atoms with E-state index in [4.69, 9.17) is 33.2 Å². The molecule has 0 aromatic rings. The molecule has 0 aliphatic carbocycles. The topological polar surface area (TPSA) is 200 Å². The quantitative estimate of drug-likeness (QED) is 0.174. The standard InChI is InChI=1S/C39H65NO14/c1-11-29-26(19-50-39-37(49-10)36(48-9)33(46)24(6)52-39)16-20(2)12-13-27(42)21(3)17-25(14-15-41)35(22(4)28(43)18-30(44)53-29)54-38-34(47)31(40(7)8)32(45)23(5)51-38/h12-13,15-16,21-26,28-29,31-39,43,45-47H,11,14,17-19H2,1-10H3/b13-12+,20-16+/t21-,22+,23-,24?,25+,26-,28-,29-,31?,32-,33-,34?,35-,36?,37+,38+,39-/m1/s1. The summed E-state index contributed by atoms with van der Waals surface area (Å²) in [5.41, 5.74) is 0.701. The van der Waals surface area contributed by atoms with Gasteiger partial charge in [0, 0.05) is 38.4 Å². The Morgan fingerprint density at radius 2 is 1.52 bits per heavy atom. The second-order valence-corrected chi connectivity index (χ2v) is 15.4. The van der Waals surface area contributed by atoms with Gasteiger partial charge in [0.1, 0.15) is 36.8 Å². The van der Waals surface area contributed by atoms with Crippen LogP contribution in [0.3, 0.4) is 0 Å². The number of aldehydes is 1. The smallest absolute Gasteiger partial charge is 0.308 e. The molecule has 310 valence electrons. The summed E-state index contributed by atoms with van der Waals surface area (Å²) in [7, 11) is 6.36. The molecule has 54 heavy (non-hydrogen) atoms.